The minimum absolute atomic E-state index is 0.360. The standard InChI is InChI=1S/C20H14N4O3S/c25-19(26)17-16-15-14(7-9-22-18(15)28-17)24(20(27)23-16)12-5-3-4-11(10-12)13-6-1-2-8-21-13/h1-10,16-17H,(H,23,27)(H,25,26). The van der Waals surface area contributed by atoms with E-state index in [-0.39, 0.29) is 6.03 Å². The molecule has 2 aliphatic rings. The Bertz CT molecular complexity index is 1110. The molecule has 7 nitrogen and oxygen atoms in total. The van der Waals surface area contributed by atoms with Gasteiger partial charge in [-0.25, -0.2) is 9.78 Å². The van der Waals surface area contributed by atoms with Crippen molar-refractivity contribution in [1.82, 2.24) is 15.3 Å². The average Bonchev–Trinajstić information content (AvgIpc) is 3.09. The van der Waals surface area contributed by atoms with Gasteiger partial charge in [-0.15, -0.1) is 0 Å². The number of amides is 2. The maximum Gasteiger partial charge on any atom is 0.327 e. The van der Waals surface area contributed by atoms with Crippen LogP contribution in [0.5, 0.6) is 0 Å². The summed E-state index contributed by atoms with van der Waals surface area (Å²) in [4.78, 5) is 34.8. The van der Waals surface area contributed by atoms with Crippen LogP contribution in [0, 0.1) is 0 Å². The summed E-state index contributed by atoms with van der Waals surface area (Å²) in [7, 11) is 0. The summed E-state index contributed by atoms with van der Waals surface area (Å²) in [5.41, 5.74) is 3.78. The van der Waals surface area contributed by atoms with E-state index in [1.165, 1.54) is 11.8 Å². The zero-order valence-electron chi connectivity index (χ0n) is 14.4. The van der Waals surface area contributed by atoms with Gasteiger partial charge in [0.25, 0.3) is 0 Å². The fourth-order valence-electron chi connectivity index (χ4n) is 3.61. The summed E-state index contributed by atoms with van der Waals surface area (Å²) in [5.74, 6) is -0.968. The number of carbonyl (C=O) groups is 2. The van der Waals surface area contributed by atoms with E-state index in [0.29, 0.717) is 16.4 Å². The topological polar surface area (TPSA) is 95.4 Å². The Labute approximate surface area is 164 Å². The molecule has 5 rings (SSSR count). The van der Waals surface area contributed by atoms with E-state index in [4.69, 9.17) is 0 Å². The molecule has 4 heterocycles. The number of carbonyl (C=O) groups excluding carboxylic acids is 1. The number of anilines is 2. The van der Waals surface area contributed by atoms with Crippen LogP contribution in [0.3, 0.4) is 0 Å². The summed E-state index contributed by atoms with van der Waals surface area (Å²) in [5, 5.41) is 12.2. The van der Waals surface area contributed by atoms with Crippen molar-refractivity contribution < 1.29 is 14.7 Å². The predicted molar refractivity (Wildman–Crippen MR) is 105 cm³/mol. The van der Waals surface area contributed by atoms with Crippen LogP contribution < -0.4 is 10.2 Å². The number of carboxylic acids is 1. The highest BCUT2D eigenvalue weighted by atomic mass is 32.2. The van der Waals surface area contributed by atoms with Crippen LogP contribution in [-0.4, -0.2) is 32.3 Å². The van der Waals surface area contributed by atoms with Crippen molar-refractivity contribution in [2.45, 2.75) is 16.3 Å². The zero-order valence-corrected chi connectivity index (χ0v) is 15.3. The molecule has 2 aliphatic heterocycles. The minimum atomic E-state index is -0.968. The van der Waals surface area contributed by atoms with Gasteiger partial charge >= 0.3 is 12.0 Å². The lowest BCUT2D eigenvalue weighted by atomic mass is 10.00. The van der Waals surface area contributed by atoms with Crippen LogP contribution in [0.15, 0.2) is 66.0 Å². The molecule has 0 fully saturated rings. The van der Waals surface area contributed by atoms with Gasteiger partial charge in [0.2, 0.25) is 0 Å². The fourth-order valence-corrected chi connectivity index (χ4v) is 4.77. The lowest BCUT2D eigenvalue weighted by Gasteiger charge is -2.33. The van der Waals surface area contributed by atoms with Gasteiger partial charge in [0.15, 0.2) is 0 Å². The highest BCUT2D eigenvalue weighted by Crippen LogP contribution is 2.50. The van der Waals surface area contributed by atoms with Gasteiger partial charge in [-0.1, -0.05) is 30.0 Å². The minimum Gasteiger partial charge on any atom is -0.480 e. The highest BCUT2D eigenvalue weighted by Gasteiger charge is 2.46. The first-order valence-electron chi connectivity index (χ1n) is 8.64. The normalized spacial score (nSPS) is 19.9. The Hall–Kier alpha value is -3.39. The monoisotopic (exact) mass is 390 g/mol. The number of rotatable bonds is 3. The number of nitrogens with one attached hydrogen (secondary N) is 1. The largest absolute Gasteiger partial charge is 0.480 e. The molecule has 2 aromatic heterocycles. The molecule has 1 aromatic carbocycles. The van der Waals surface area contributed by atoms with Crippen molar-refractivity contribution in [2.24, 2.45) is 0 Å². The van der Waals surface area contributed by atoms with Crippen molar-refractivity contribution in [3.63, 3.8) is 0 Å². The van der Waals surface area contributed by atoms with E-state index in [9.17, 15) is 14.7 Å². The fraction of sp³-hybridized carbons (Fsp3) is 0.100. The van der Waals surface area contributed by atoms with E-state index < -0.39 is 17.3 Å². The number of aliphatic carboxylic acids is 1. The van der Waals surface area contributed by atoms with Gasteiger partial charge in [-0.3, -0.25) is 14.7 Å². The van der Waals surface area contributed by atoms with E-state index >= 15 is 0 Å². The lowest BCUT2D eigenvalue weighted by Crippen LogP contribution is -2.47. The molecule has 2 amide bonds. The summed E-state index contributed by atoms with van der Waals surface area (Å²) < 4.78 is 0. The molecule has 8 heteroatoms. The van der Waals surface area contributed by atoms with Gasteiger partial charge in [0.05, 0.1) is 23.1 Å². The maximum atomic E-state index is 12.9. The van der Waals surface area contributed by atoms with Crippen molar-refractivity contribution in [2.75, 3.05) is 4.90 Å². The first-order valence-corrected chi connectivity index (χ1v) is 9.52. The van der Waals surface area contributed by atoms with E-state index in [2.05, 4.69) is 15.3 Å². The second-order valence-corrected chi connectivity index (χ2v) is 7.58. The SMILES string of the molecule is O=C(O)C1Sc2nccc3c2C1NC(=O)N3c1cccc(-c2ccccn2)c1. The number of hydrogen-bond donors (Lipinski definition) is 2. The van der Waals surface area contributed by atoms with Crippen LogP contribution in [0.4, 0.5) is 16.2 Å². The molecular weight excluding hydrogens is 376 g/mol. The van der Waals surface area contributed by atoms with E-state index in [1.807, 2.05) is 42.5 Å². The molecule has 28 heavy (non-hydrogen) atoms. The Balaban J connectivity index is 1.62. The van der Waals surface area contributed by atoms with Crippen LogP contribution in [0.1, 0.15) is 11.6 Å². The quantitative estimate of drug-likeness (QED) is 0.709. The molecule has 0 saturated carbocycles. The number of benzene rings is 1. The zero-order chi connectivity index (χ0) is 19.3. The van der Waals surface area contributed by atoms with Gasteiger partial charge in [-0.2, -0.15) is 0 Å². The molecule has 0 radical (unpaired) electrons. The highest BCUT2D eigenvalue weighted by molar-refractivity contribution is 8.00. The van der Waals surface area contributed by atoms with E-state index in [1.54, 1.807) is 23.4 Å². The molecule has 2 N–H and O–H groups in total. The van der Waals surface area contributed by atoms with Crippen LogP contribution >= 0.6 is 11.8 Å². The first-order chi connectivity index (χ1) is 13.6. The molecule has 0 bridgehead atoms. The van der Waals surface area contributed by atoms with Crippen LogP contribution in [0.25, 0.3) is 11.3 Å². The Morgan fingerprint density at radius 2 is 2.00 bits per heavy atom. The van der Waals surface area contributed by atoms with Crippen molar-refractivity contribution in [3.05, 3.63) is 66.5 Å². The molecule has 138 valence electrons. The van der Waals surface area contributed by atoms with Crippen LogP contribution in [-0.2, 0) is 4.79 Å². The molecule has 3 aromatic rings. The number of nitrogens with zero attached hydrogens (tertiary/aromatic N) is 3. The smallest absolute Gasteiger partial charge is 0.327 e. The third-order valence-corrected chi connectivity index (χ3v) is 6.09. The number of thioether (sulfide) groups is 1. The Morgan fingerprint density at radius 1 is 1.11 bits per heavy atom. The molecular formula is C20H14N4O3S. The van der Waals surface area contributed by atoms with E-state index in [0.717, 1.165) is 16.8 Å². The maximum absolute atomic E-state index is 12.9. The van der Waals surface area contributed by atoms with Gasteiger partial charge < -0.3 is 10.4 Å². The average molecular weight is 390 g/mol. The third-order valence-electron chi connectivity index (χ3n) is 4.81. The van der Waals surface area contributed by atoms with Gasteiger partial charge in [0.1, 0.15) is 10.3 Å². The summed E-state index contributed by atoms with van der Waals surface area (Å²) in [6, 6.07) is 14.0. The first kappa shape index (κ1) is 16.8. The number of aromatic nitrogens is 2. The lowest BCUT2D eigenvalue weighted by molar-refractivity contribution is -0.136. The molecule has 0 aliphatic carbocycles. The second kappa shape index (κ2) is 6.35. The molecule has 2 atom stereocenters. The molecule has 0 saturated heterocycles. The number of carboxylic acid groups (broad SMARTS) is 1. The number of hydrogen-bond acceptors (Lipinski definition) is 5. The van der Waals surface area contributed by atoms with Gasteiger partial charge in [0, 0.05) is 23.5 Å². The van der Waals surface area contributed by atoms with Crippen molar-refractivity contribution >= 4 is 35.1 Å². The molecule has 2 unspecified atom stereocenters. The Kier molecular flexibility index (Phi) is 3.80. The summed E-state index contributed by atoms with van der Waals surface area (Å²) >= 11 is 1.17. The van der Waals surface area contributed by atoms with Gasteiger partial charge in [-0.05, 0) is 30.3 Å². The van der Waals surface area contributed by atoms with Crippen LogP contribution in [0.2, 0.25) is 0 Å². The second-order valence-electron chi connectivity index (χ2n) is 6.45. The summed E-state index contributed by atoms with van der Waals surface area (Å²) in [6.07, 6.45) is 3.33. The molecule has 0 spiro atoms. The van der Waals surface area contributed by atoms with Crippen molar-refractivity contribution in [3.8, 4) is 11.3 Å². The predicted octanol–water partition coefficient (Wildman–Crippen LogP) is 3.60. The number of urea groups is 1. The van der Waals surface area contributed by atoms with Crippen molar-refractivity contribution in [1.29, 1.82) is 0 Å². The Morgan fingerprint density at radius 3 is 2.79 bits per heavy atom. The number of pyridine rings is 2. The summed E-state index contributed by atoms with van der Waals surface area (Å²) in [6.45, 7) is 0. The third kappa shape index (κ3) is 2.53.